The van der Waals surface area contributed by atoms with Crippen LogP contribution in [-0.4, -0.2) is 16.1 Å². The van der Waals surface area contributed by atoms with Gasteiger partial charge in [0.2, 0.25) is 0 Å². The summed E-state index contributed by atoms with van der Waals surface area (Å²) in [5, 5.41) is 14.1. The van der Waals surface area contributed by atoms with Crippen LogP contribution in [0.5, 0.6) is 5.75 Å². The molecular formula is C18H20N2O. The summed E-state index contributed by atoms with van der Waals surface area (Å²) in [6, 6.07) is 16.3. The molecule has 0 bridgehead atoms. The zero-order valence-corrected chi connectivity index (χ0v) is 12.1. The second-order valence-corrected chi connectivity index (χ2v) is 5.53. The van der Waals surface area contributed by atoms with Crippen LogP contribution < -0.4 is 5.32 Å². The molecule has 0 aliphatic carbocycles. The van der Waals surface area contributed by atoms with Crippen molar-refractivity contribution >= 4 is 16.6 Å². The van der Waals surface area contributed by atoms with Crippen LogP contribution in [0.1, 0.15) is 18.9 Å². The number of aromatic hydroxyl groups is 1. The van der Waals surface area contributed by atoms with Crippen molar-refractivity contribution in [2.45, 2.75) is 25.8 Å². The van der Waals surface area contributed by atoms with Gasteiger partial charge in [0.1, 0.15) is 5.75 Å². The fourth-order valence-corrected chi connectivity index (χ4v) is 2.55. The molecule has 0 radical (unpaired) electrons. The molecule has 0 saturated heterocycles. The monoisotopic (exact) mass is 280 g/mol. The molecule has 0 aliphatic rings. The van der Waals surface area contributed by atoms with Crippen LogP contribution in [0.15, 0.2) is 54.7 Å². The van der Waals surface area contributed by atoms with E-state index in [0.717, 1.165) is 24.0 Å². The summed E-state index contributed by atoms with van der Waals surface area (Å²) in [6.07, 6.45) is 4.01. The third-order valence-corrected chi connectivity index (χ3v) is 3.77. The van der Waals surface area contributed by atoms with E-state index in [0.29, 0.717) is 11.8 Å². The number of H-pyrrole nitrogens is 1. The first-order valence-corrected chi connectivity index (χ1v) is 7.32. The third kappa shape index (κ3) is 3.37. The molecule has 108 valence electrons. The van der Waals surface area contributed by atoms with Crippen molar-refractivity contribution in [3.8, 4) is 5.75 Å². The van der Waals surface area contributed by atoms with Gasteiger partial charge in [-0.15, -0.1) is 0 Å². The Labute approximate surface area is 124 Å². The number of phenolic OH excluding ortho intramolecular Hbond substituents is 1. The molecule has 0 saturated carbocycles. The minimum absolute atomic E-state index is 0.324. The Bertz CT molecular complexity index is 715. The van der Waals surface area contributed by atoms with E-state index in [1.165, 1.54) is 10.9 Å². The highest BCUT2D eigenvalue weighted by molar-refractivity contribution is 5.82. The Kier molecular flexibility index (Phi) is 3.82. The van der Waals surface area contributed by atoms with E-state index < -0.39 is 0 Å². The first-order chi connectivity index (χ1) is 10.2. The van der Waals surface area contributed by atoms with E-state index in [9.17, 15) is 5.11 Å². The summed E-state index contributed by atoms with van der Waals surface area (Å²) >= 11 is 0. The minimum Gasteiger partial charge on any atom is -0.508 e. The zero-order valence-electron chi connectivity index (χ0n) is 12.1. The molecule has 3 aromatic rings. The van der Waals surface area contributed by atoms with Crippen LogP contribution in [-0.2, 0) is 6.42 Å². The molecule has 0 amide bonds. The lowest BCUT2D eigenvalue weighted by Gasteiger charge is -2.15. The Hall–Kier alpha value is -2.42. The molecule has 1 heterocycles. The molecule has 1 unspecified atom stereocenters. The molecule has 2 aromatic carbocycles. The van der Waals surface area contributed by atoms with Gasteiger partial charge in [-0.05, 0) is 61.7 Å². The maximum atomic E-state index is 9.28. The van der Waals surface area contributed by atoms with Gasteiger partial charge in [-0.25, -0.2) is 0 Å². The summed E-state index contributed by atoms with van der Waals surface area (Å²) < 4.78 is 0. The lowest BCUT2D eigenvalue weighted by molar-refractivity contribution is 0.475. The van der Waals surface area contributed by atoms with Crippen molar-refractivity contribution < 1.29 is 5.11 Å². The molecule has 0 aliphatic heterocycles. The number of hydrogen-bond donors (Lipinski definition) is 3. The molecule has 1 atom stereocenters. The molecule has 3 heteroatoms. The van der Waals surface area contributed by atoms with Crippen molar-refractivity contribution in [2.75, 3.05) is 5.32 Å². The summed E-state index contributed by atoms with van der Waals surface area (Å²) in [5.74, 6) is 0.324. The normalized spacial score (nSPS) is 12.4. The molecule has 0 spiro atoms. The van der Waals surface area contributed by atoms with Crippen LogP contribution in [0.4, 0.5) is 5.69 Å². The average molecular weight is 280 g/mol. The van der Waals surface area contributed by atoms with Gasteiger partial charge in [0.05, 0.1) is 0 Å². The van der Waals surface area contributed by atoms with Gasteiger partial charge in [0.15, 0.2) is 0 Å². The molecule has 0 fully saturated rings. The van der Waals surface area contributed by atoms with Gasteiger partial charge >= 0.3 is 0 Å². The van der Waals surface area contributed by atoms with Crippen LogP contribution in [0.25, 0.3) is 10.9 Å². The number of benzene rings is 2. The standard InChI is InChI=1S/C18H20N2O/c1-13(2-3-14-4-7-17(21)8-5-14)20-16-6-9-18-15(12-16)10-11-19-18/h4-13,19-21H,2-3H2,1H3. The van der Waals surface area contributed by atoms with Crippen molar-refractivity contribution in [3.63, 3.8) is 0 Å². The summed E-state index contributed by atoms with van der Waals surface area (Å²) in [7, 11) is 0. The lowest BCUT2D eigenvalue weighted by atomic mass is 10.1. The third-order valence-electron chi connectivity index (χ3n) is 3.77. The fourth-order valence-electron chi connectivity index (χ4n) is 2.55. The first kappa shape index (κ1) is 13.6. The quantitative estimate of drug-likeness (QED) is 0.652. The second kappa shape index (κ2) is 5.92. The number of fused-ring (bicyclic) bond motifs is 1. The first-order valence-electron chi connectivity index (χ1n) is 7.32. The van der Waals surface area contributed by atoms with Crippen molar-refractivity contribution in [2.24, 2.45) is 0 Å². The number of rotatable bonds is 5. The van der Waals surface area contributed by atoms with E-state index in [-0.39, 0.29) is 0 Å². The number of phenols is 1. The van der Waals surface area contributed by atoms with E-state index in [4.69, 9.17) is 0 Å². The number of aromatic nitrogens is 1. The largest absolute Gasteiger partial charge is 0.508 e. The maximum Gasteiger partial charge on any atom is 0.115 e. The topological polar surface area (TPSA) is 48.0 Å². The van der Waals surface area contributed by atoms with Crippen molar-refractivity contribution in [1.29, 1.82) is 0 Å². The van der Waals surface area contributed by atoms with Crippen LogP contribution in [0.3, 0.4) is 0 Å². The Morgan fingerprint density at radius 1 is 1.10 bits per heavy atom. The van der Waals surface area contributed by atoms with Gasteiger partial charge in [-0.3, -0.25) is 0 Å². The van der Waals surface area contributed by atoms with Gasteiger partial charge in [0.25, 0.3) is 0 Å². The highest BCUT2D eigenvalue weighted by Crippen LogP contribution is 2.19. The van der Waals surface area contributed by atoms with Crippen LogP contribution in [0.2, 0.25) is 0 Å². The fraction of sp³-hybridized carbons (Fsp3) is 0.222. The van der Waals surface area contributed by atoms with E-state index in [1.807, 2.05) is 18.3 Å². The Balaban J connectivity index is 1.58. The molecule has 21 heavy (non-hydrogen) atoms. The Morgan fingerprint density at radius 2 is 1.90 bits per heavy atom. The van der Waals surface area contributed by atoms with E-state index in [1.54, 1.807) is 12.1 Å². The minimum atomic E-state index is 0.324. The van der Waals surface area contributed by atoms with Crippen molar-refractivity contribution in [1.82, 2.24) is 4.98 Å². The SMILES string of the molecule is CC(CCc1ccc(O)cc1)Nc1ccc2[nH]ccc2c1. The second-order valence-electron chi connectivity index (χ2n) is 5.53. The van der Waals surface area contributed by atoms with E-state index >= 15 is 0 Å². The highest BCUT2D eigenvalue weighted by atomic mass is 16.3. The predicted octanol–water partition coefficient (Wildman–Crippen LogP) is 4.31. The van der Waals surface area contributed by atoms with Crippen molar-refractivity contribution in [3.05, 3.63) is 60.3 Å². The zero-order chi connectivity index (χ0) is 14.7. The Morgan fingerprint density at radius 3 is 2.71 bits per heavy atom. The average Bonchev–Trinajstić information content (AvgIpc) is 2.94. The molecule has 3 nitrogen and oxygen atoms in total. The molecule has 1 aromatic heterocycles. The van der Waals surface area contributed by atoms with Gasteiger partial charge in [-0.2, -0.15) is 0 Å². The highest BCUT2D eigenvalue weighted by Gasteiger charge is 2.04. The maximum absolute atomic E-state index is 9.28. The summed E-state index contributed by atoms with van der Waals surface area (Å²) in [5.41, 5.74) is 3.57. The summed E-state index contributed by atoms with van der Waals surface area (Å²) in [4.78, 5) is 3.20. The number of aryl methyl sites for hydroxylation is 1. The lowest BCUT2D eigenvalue weighted by Crippen LogP contribution is -2.15. The van der Waals surface area contributed by atoms with Crippen LogP contribution >= 0.6 is 0 Å². The predicted molar refractivity (Wildman–Crippen MR) is 87.8 cm³/mol. The molecule has 3 rings (SSSR count). The van der Waals surface area contributed by atoms with Gasteiger partial charge in [0, 0.05) is 28.8 Å². The van der Waals surface area contributed by atoms with E-state index in [2.05, 4.69) is 41.5 Å². The molecule has 3 N–H and O–H groups in total. The summed E-state index contributed by atoms with van der Waals surface area (Å²) in [6.45, 7) is 2.20. The van der Waals surface area contributed by atoms with Gasteiger partial charge < -0.3 is 15.4 Å². The number of nitrogens with one attached hydrogen (secondary N) is 2. The number of aromatic amines is 1. The number of anilines is 1. The molecular weight excluding hydrogens is 260 g/mol. The van der Waals surface area contributed by atoms with Crippen LogP contribution in [0, 0.1) is 0 Å². The number of hydrogen-bond acceptors (Lipinski definition) is 2. The smallest absolute Gasteiger partial charge is 0.115 e. The van der Waals surface area contributed by atoms with Gasteiger partial charge in [-0.1, -0.05) is 12.1 Å².